The van der Waals surface area contributed by atoms with Crippen molar-refractivity contribution in [2.45, 2.75) is 0 Å². The molecule has 0 atom stereocenters. The Balaban J connectivity index is 1.74. The average molecular weight is 390 g/mol. The van der Waals surface area contributed by atoms with Crippen LogP contribution in [0.3, 0.4) is 0 Å². The molecule has 2 aromatic rings. The van der Waals surface area contributed by atoms with Crippen LogP contribution in [-0.2, 0) is 4.79 Å². The fourth-order valence-corrected chi connectivity index (χ4v) is 2.73. The van der Waals surface area contributed by atoms with Crippen molar-refractivity contribution in [3.05, 3.63) is 52.5 Å². The molecule has 0 aliphatic carbocycles. The number of amides is 1. The number of rotatable bonds is 4. The molecule has 1 heterocycles. The molecule has 3 rings (SSSR count). The van der Waals surface area contributed by atoms with Crippen LogP contribution < -0.4 is 19.5 Å². The first-order valence-electron chi connectivity index (χ1n) is 7.38. The van der Waals surface area contributed by atoms with E-state index in [2.05, 4.69) is 21.2 Å². The fraction of sp³-hybridized carbons (Fsp3) is 0.167. The zero-order chi connectivity index (χ0) is 16.9. The Morgan fingerprint density at radius 3 is 2.67 bits per heavy atom. The Morgan fingerprint density at radius 1 is 1.21 bits per heavy atom. The number of hydrogen-bond acceptors (Lipinski definition) is 4. The fourth-order valence-electron chi connectivity index (χ4n) is 2.30. The highest BCUT2D eigenvalue weighted by molar-refractivity contribution is 9.10. The molecular weight excluding hydrogens is 374 g/mol. The maximum Gasteiger partial charge on any atom is 0.248 e. The van der Waals surface area contributed by atoms with E-state index in [1.165, 1.54) is 6.08 Å². The molecule has 0 unspecified atom stereocenters. The molecule has 0 radical (unpaired) electrons. The number of fused-ring (bicyclic) bond motifs is 1. The Kier molecular flexibility index (Phi) is 5.05. The number of ether oxygens (including phenoxy) is 3. The zero-order valence-electron chi connectivity index (χ0n) is 13.0. The van der Waals surface area contributed by atoms with E-state index in [0.29, 0.717) is 36.1 Å². The van der Waals surface area contributed by atoms with Gasteiger partial charge in [-0.25, -0.2) is 0 Å². The molecule has 0 saturated heterocycles. The maximum absolute atomic E-state index is 12.2. The van der Waals surface area contributed by atoms with Crippen LogP contribution in [-0.4, -0.2) is 26.2 Å². The van der Waals surface area contributed by atoms with E-state index < -0.39 is 0 Å². The third-order valence-corrected chi connectivity index (χ3v) is 4.10. The molecule has 24 heavy (non-hydrogen) atoms. The van der Waals surface area contributed by atoms with Gasteiger partial charge in [-0.1, -0.05) is 18.2 Å². The van der Waals surface area contributed by atoms with Crippen molar-refractivity contribution >= 4 is 33.6 Å². The van der Waals surface area contributed by atoms with Gasteiger partial charge in [-0.2, -0.15) is 0 Å². The predicted octanol–water partition coefficient (Wildman–Crippen LogP) is 3.88. The molecule has 1 N–H and O–H groups in total. The van der Waals surface area contributed by atoms with Crippen LogP contribution in [0.4, 0.5) is 5.69 Å². The van der Waals surface area contributed by atoms with Crippen molar-refractivity contribution in [1.29, 1.82) is 0 Å². The minimum Gasteiger partial charge on any atom is -0.496 e. The van der Waals surface area contributed by atoms with E-state index >= 15 is 0 Å². The van der Waals surface area contributed by atoms with Crippen molar-refractivity contribution in [1.82, 2.24) is 0 Å². The highest BCUT2D eigenvalue weighted by atomic mass is 79.9. The van der Waals surface area contributed by atoms with Crippen LogP contribution in [0.15, 0.2) is 46.9 Å². The van der Waals surface area contributed by atoms with Crippen LogP contribution in [0.1, 0.15) is 5.56 Å². The summed E-state index contributed by atoms with van der Waals surface area (Å²) in [5.74, 6) is 1.74. The quantitative estimate of drug-likeness (QED) is 0.806. The van der Waals surface area contributed by atoms with Gasteiger partial charge in [0.1, 0.15) is 19.0 Å². The van der Waals surface area contributed by atoms with Crippen LogP contribution in [0.25, 0.3) is 6.08 Å². The summed E-state index contributed by atoms with van der Waals surface area (Å²) in [4.78, 5) is 12.2. The number of para-hydroxylation sites is 1. The van der Waals surface area contributed by atoms with Crippen LogP contribution in [0.5, 0.6) is 17.2 Å². The van der Waals surface area contributed by atoms with Gasteiger partial charge < -0.3 is 19.5 Å². The highest BCUT2D eigenvalue weighted by Gasteiger charge is 2.15. The van der Waals surface area contributed by atoms with Crippen molar-refractivity contribution in [2.75, 3.05) is 25.6 Å². The molecule has 0 fully saturated rings. The topological polar surface area (TPSA) is 56.8 Å². The Hall–Kier alpha value is -2.47. The summed E-state index contributed by atoms with van der Waals surface area (Å²) in [6.45, 7) is 1.02. The molecule has 1 aliphatic rings. The number of benzene rings is 2. The first-order valence-corrected chi connectivity index (χ1v) is 8.18. The molecule has 6 heteroatoms. The molecule has 5 nitrogen and oxygen atoms in total. The lowest BCUT2D eigenvalue weighted by Crippen LogP contribution is -2.16. The molecule has 1 aliphatic heterocycles. The van der Waals surface area contributed by atoms with Gasteiger partial charge in [-0.3, -0.25) is 4.79 Å². The second-order valence-electron chi connectivity index (χ2n) is 5.04. The van der Waals surface area contributed by atoms with Gasteiger partial charge in [0, 0.05) is 28.2 Å². The van der Waals surface area contributed by atoms with Gasteiger partial charge in [0.05, 0.1) is 12.8 Å². The average Bonchev–Trinajstić information content (AvgIpc) is 2.61. The van der Waals surface area contributed by atoms with E-state index in [0.717, 1.165) is 10.0 Å². The largest absolute Gasteiger partial charge is 0.496 e. The monoisotopic (exact) mass is 389 g/mol. The third kappa shape index (κ3) is 3.71. The van der Waals surface area contributed by atoms with Crippen molar-refractivity contribution < 1.29 is 19.0 Å². The lowest BCUT2D eigenvalue weighted by Gasteiger charge is -2.19. The summed E-state index contributed by atoms with van der Waals surface area (Å²) in [5, 5.41) is 2.82. The van der Waals surface area contributed by atoms with Crippen molar-refractivity contribution in [2.24, 2.45) is 0 Å². The number of nitrogens with one attached hydrogen (secondary N) is 1. The number of methoxy groups -OCH3 is 1. The van der Waals surface area contributed by atoms with E-state index in [9.17, 15) is 4.79 Å². The second-order valence-corrected chi connectivity index (χ2v) is 5.89. The number of halogens is 1. The first kappa shape index (κ1) is 16.4. The van der Waals surface area contributed by atoms with Gasteiger partial charge in [-0.05, 0) is 28.1 Å². The number of carbonyl (C=O) groups excluding carboxylic acids is 1. The third-order valence-electron chi connectivity index (χ3n) is 3.44. The van der Waals surface area contributed by atoms with Gasteiger partial charge in [0.2, 0.25) is 5.91 Å². The lowest BCUT2D eigenvalue weighted by molar-refractivity contribution is -0.111. The number of carbonyl (C=O) groups is 1. The predicted molar refractivity (Wildman–Crippen MR) is 95.8 cm³/mol. The molecule has 0 bridgehead atoms. The number of hydrogen-bond donors (Lipinski definition) is 1. The maximum atomic E-state index is 12.2. The van der Waals surface area contributed by atoms with Crippen LogP contribution in [0, 0.1) is 0 Å². The molecule has 124 valence electrons. The molecule has 2 aromatic carbocycles. The van der Waals surface area contributed by atoms with E-state index in [1.807, 2.05) is 24.3 Å². The molecule has 0 spiro atoms. The summed E-state index contributed by atoms with van der Waals surface area (Å²) < 4.78 is 17.0. The second kappa shape index (κ2) is 7.40. The Morgan fingerprint density at radius 2 is 1.92 bits per heavy atom. The van der Waals surface area contributed by atoms with Gasteiger partial charge in [0.25, 0.3) is 0 Å². The van der Waals surface area contributed by atoms with Gasteiger partial charge in [-0.15, -0.1) is 0 Å². The summed E-state index contributed by atoms with van der Waals surface area (Å²) >= 11 is 3.43. The van der Waals surface area contributed by atoms with Gasteiger partial charge in [0.15, 0.2) is 11.5 Å². The molecule has 1 amide bonds. The molecular formula is C18H16BrNO4. The van der Waals surface area contributed by atoms with Crippen LogP contribution in [0.2, 0.25) is 0 Å². The Bertz CT molecular complexity index is 789. The van der Waals surface area contributed by atoms with Crippen LogP contribution >= 0.6 is 15.9 Å². The summed E-state index contributed by atoms with van der Waals surface area (Å²) in [5.41, 5.74) is 1.45. The molecule has 0 saturated carbocycles. The first-order chi connectivity index (χ1) is 11.7. The zero-order valence-corrected chi connectivity index (χ0v) is 14.6. The summed E-state index contributed by atoms with van der Waals surface area (Å²) in [7, 11) is 1.60. The molecule has 0 aromatic heterocycles. The highest BCUT2D eigenvalue weighted by Crippen LogP contribution is 2.38. The normalized spacial score (nSPS) is 12.9. The van der Waals surface area contributed by atoms with E-state index in [4.69, 9.17) is 14.2 Å². The SMILES string of the molecule is COc1ccccc1/C=C/C(=O)Nc1cc2c(cc1Br)OCCO2. The number of anilines is 1. The minimum absolute atomic E-state index is 0.252. The van der Waals surface area contributed by atoms with Crippen molar-refractivity contribution in [3.63, 3.8) is 0 Å². The smallest absolute Gasteiger partial charge is 0.248 e. The summed E-state index contributed by atoms with van der Waals surface area (Å²) in [6, 6.07) is 11.0. The van der Waals surface area contributed by atoms with E-state index in [1.54, 1.807) is 25.3 Å². The van der Waals surface area contributed by atoms with E-state index in [-0.39, 0.29) is 5.91 Å². The van der Waals surface area contributed by atoms with Gasteiger partial charge >= 0.3 is 0 Å². The summed E-state index contributed by atoms with van der Waals surface area (Å²) in [6.07, 6.45) is 3.17. The standard InChI is InChI=1S/C18H16BrNO4/c1-22-15-5-3-2-4-12(15)6-7-18(21)20-14-11-17-16(10-13(14)19)23-8-9-24-17/h2-7,10-11H,8-9H2,1H3,(H,20,21)/b7-6+. The van der Waals surface area contributed by atoms with Crippen molar-refractivity contribution in [3.8, 4) is 17.2 Å². The minimum atomic E-state index is -0.252. The Labute approximate surface area is 148 Å². The lowest BCUT2D eigenvalue weighted by atomic mass is 10.2.